The summed E-state index contributed by atoms with van der Waals surface area (Å²) in [7, 11) is 5.07. The smallest absolute Gasteiger partial charge is 0.191 e. The lowest BCUT2D eigenvalue weighted by atomic mass is 10.2. The van der Waals surface area contributed by atoms with Crippen molar-refractivity contribution in [1.29, 1.82) is 0 Å². The van der Waals surface area contributed by atoms with E-state index in [-0.39, 0.29) is 24.0 Å². The average Bonchev–Trinajstić information content (AvgIpc) is 3.03. The van der Waals surface area contributed by atoms with Gasteiger partial charge >= 0.3 is 0 Å². The van der Waals surface area contributed by atoms with Crippen molar-refractivity contribution in [2.24, 2.45) is 4.99 Å². The van der Waals surface area contributed by atoms with Gasteiger partial charge in [0.15, 0.2) is 5.96 Å². The predicted molar refractivity (Wildman–Crippen MR) is 123 cm³/mol. The van der Waals surface area contributed by atoms with Crippen molar-refractivity contribution in [2.75, 3.05) is 27.8 Å². The van der Waals surface area contributed by atoms with Gasteiger partial charge in [-0.2, -0.15) is 0 Å². The molecule has 1 heterocycles. The number of methoxy groups -OCH3 is 2. The maximum atomic E-state index is 5.43. The minimum absolute atomic E-state index is 0. The molecule has 1 aromatic carbocycles. The van der Waals surface area contributed by atoms with E-state index in [1.165, 1.54) is 15.6 Å². The van der Waals surface area contributed by atoms with Gasteiger partial charge in [-0.15, -0.1) is 35.3 Å². The number of guanidine groups is 1. The molecular weight excluding hydrogens is 475 g/mol. The highest BCUT2D eigenvalue weighted by Crippen LogP contribution is 2.24. The van der Waals surface area contributed by atoms with Crippen molar-refractivity contribution >= 4 is 41.3 Å². The van der Waals surface area contributed by atoms with Crippen LogP contribution in [0.15, 0.2) is 23.2 Å². The molecule has 0 amide bonds. The molecule has 2 N–H and O–H groups in total. The maximum absolute atomic E-state index is 5.43. The molecule has 0 aliphatic rings. The van der Waals surface area contributed by atoms with E-state index in [4.69, 9.17) is 9.47 Å². The van der Waals surface area contributed by atoms with Crippen molar-refractivity contribution in [3.63, 3.8) is 0 Å². The van der Waals surface area contributed by atoms with Gasteiger partial charge in [0.25, 0.3) is 0 Å². The number of hydrogen-bond acceptors (Lipinski definition) is 5. The lowest BCUT2D eigenvalue weighted by Crippen LogP contribution is -2.37. The van der Waals surface area contributed by atoms with Crippen molar-refractivity contribution in [3.05, 3.63) is 39.3 Å². The van der Waals surface area contributed by atoms with Gasteiger partial charge in [-0.25, -0.2) is 4.98 Å². The molecule has 8 heteroatoms. The van der Waals surface area contributed by atoms with E-state index >= 15 is 0 Å². The third kappa shape index (κ3) is 6.84. The number of nitrogens with one attached hydrogen (secondary N) is 2. The summed E-state index contributed by atoms with van der Waals surface area (Å²) < 4.78 is 10.7. The van der Waals surface area contributed by atoms with Crippen molar-refractivity contribution in [2.45, 2.75) is 33.2 Å². The first-order valence-electron chi connectivity index (χ1n) is 8.71. The van der Waals surface area contributed by atoms with Crippen LogP contribution in [0.2, 0.25) is 0 Å². The van der Waals surface area contributed by atoms with Crippen LogP contribution in [0, 0.1) is 6.92 Å². The van der Waals surface area contributed by atoms with Gasteiger partial charge in [0.05, 0.1) is 24.9 Å². The van der Waals surface area contributed by atoms with Crippen LogP contribution in [-0.2, 0) is 19.4 Å². The number of rotatable bonds is 8. The van der Waals surface area contributed by atoms with Crippen molar-refractivity contribution in [3.8, 4) is 11.5 Å². The van der Waals surface area contributed by atoms with Crippen LogP contribution >= 0.6 is 35.3 Å². The van der Waals surface area contributed by atoms with Crippen molar-refractivity contribution in [1.82, 2.24) is 15.6 Å². The first kappa shape index (κ1) is 23.5. The lowest BCUT2D eigenvalue weighted by Gasteiger charge is -2.14. The second-order valence-electron chi connectivity index (χ2n) is 5.74. The minimum Gasteiger partial charge on any atom is -0.497 e. The number of nitrogens with zero attached hydrogens (tertiary/aromatic N) is 2. The quantitative estimate of drug-likeness (QED) is 0.327. The summed E-state index contributed by atoms with van der Waals surface area (Å²) in [5.74, 6) is 2.32. The molecule has 1 aromatic heterocycles. The highest BCUT2D eigenvalue weighted by molar-refractivity contribution is 14.0. The molecule has 0 aliphatic heterocycles. The minimum atomic E-state index is 0. The van der Waals surface area contributed by atoms with E-state index in [0.29, 0.717) is 6.54 Å². The van der Waals surface area contributed by atoms with Crippen LogP contribution in [0.3, 0.4) is 0 Å². The number of benzene rings is 1. The zero-order valence-electron chi connectivity index (χ0n) is 16.6. The number of hydrogen-bond donors (Lipinski definition) is 2. The molecule has 2 aromatic rings. The third-order valence-corrected chi connectivity index (χ3v) is 5.14. The standard InChI is InChI=1S/C19H28N4O2S.HI/c1-6-16-13(2)26-18(23-16)9-10-21-19(20-3)22-12-14-7-8-15(24-4)11-17(14)25-5;/h7-8,11H,6,9-10,12H2,1-5H3,(H2,20,21,22);1H. The number of thiazole rings is 1. The average molecular weight is 504 g/mol. The number of aryl methyl sites for hydroxylation is 2. The first-order valence-corrected chi connectivity index (χ1v) is 9.53. The van der Waals surface area contributed by atoms with Gasteiger partial charge < -0.3 is 20.1 Å². The second kappa shape index (κ2) is 12.0. The van der Waals surface area contributed by atoms with E-state index in [9.17, 15) is 0 Å². The Morgan fingerprint density at radius 2 is 2.00 bits per heavy atom. The maximum Gasteiger partial charge on any atom is 0.191 e. The molecule has 0 aliphatic carbocycles. The fourth-order valence-corrected chi connectivity index (χ4v) is 3.63. The topological polar surface area (TPSA) is 67.8 Å². The van der Waals surface area contributed by atoms with Crippen LogP contribution < -0.4 is 20.1 Å². The van der Waals surface area contributed by atoms with Crippen molar-refractivity contribution < 1.29 is 9.47 Å². The lowest BCUT2D eigenvalue weighted by molar-refractivity contribution is 0.390. The molecule has 0 saturated heterocycles. The summed E-state index contributed by atoms with van der Waals surface area (Å²) in [5, 5.41) is 7.81. The first-order chi connectivity index (χ1) is 12.6. The number of halogens is 1. The van der Waals surface area contributed by atoms with Crippen LogP contribution in [0.5, 0.6) is 11.5 Å². The Labute approximate surface area is 182 Å². The molecule has 0 radical (unpaired) electrons. The van der Waals surface area contributed by atoms with Gasteiger partial charge in [-0.3, -0.25) is 4.99 Å². The molecule has 0 fully saturated rings. The summed E-state index contributed by atoms with van der Waals surface area (Å²) in [4.78, 5) is 10.3. The van der Waals surface area contributed by atoms with E-state index in [1.54, 1.807) is 32.6 Å². The zero-order chi connectivity index (χ0) is 18.9. The molecule has 6 nitrogen and oxygen atoms in total. The molecule has 0 bridgehead atoms. The Balaban J connectivity index is 0.00000364. The molecule has 0 saturated carbocycles. The molecule has 150 valence electrons. The van der Waals surface area contributed by atoms with E-state index in [1.807, 2.05) is 18.2 Å². The van der Waals surface area contributed by atoms with Crippen LogP contribution in [0.25, 0.3) is 0 Å². The molecule has 2 rings (SSSR count). The van der Waals surface area contributed by atoms with Crippen LogP contribution in [0.1, 0.15) is 28.1 Å². The van der Waals surface area contributed by atoms with Gasteiger partial charge in [-0.05, 0) is 25.5 Å². The summed E-state index contributed by atoms with van der Waals surface area (Å²) >= 11 is 1.78. The van der Waals surface area contributed by atoms with Crippen LogP contribution in [-0.4, -0.2) is 38.8 Å². The third-order valence-electron chi connectivity index (χ3n) is 4.07. The monoisotopic (exact) mass is 504 g/mol. The Morgan fingerprint density at radius 3 is 2.59 bits per heavy atom. The molecule has 0 spiro atoms. The second-order valence-corrected chi connectivity index (χ2v) is 7.03. The fraction of sp³-hybridized carbons (Fsp3) is 0.474. The molecule has 0 unspecified atom stereocenters. The zero-order valence-corrected chi connectivity index (χ0v) is 19.7. The Kier molecular flexibility index (Phi) is 10.5. The number of aromatic nitrogens is 1. The highest BCUT2D eigenvalue weighted by Gasteiger charge is 2.08. The van der Waals surface area contributed by atoms with Gasteiger partial charge in [0, 0.05) is 43.1 Å². The Bertz CT molecular complexity index is 749. The molecule has 0 atom stereocenters. The summed E-state index contributed by atoms with van der Waals surface area (Å²) in [5.41, 5.74) is 2.25. The van der Waals surface area contributed by atoms with E-state index < -0.39 is 0 Å². The predicted octanol–water partition coefficient (Wildman–Crippen LogP) is 3.56. The van der Waals surface area contributed by atoms with E-state index in [0.717, 1.165) is 42.4 Å². The molecular formula is C19H29IN4O2S. The van der Waals surface area contributed by atoms with E-state index in [2.05, 4.69) is 34.5 Å². The SMILES string of the molecule is CCc1nc(CCNC(=NC)NCc2ccc(OC)cc2OC)sc1C.I. The van der Waals surface area contributed by atoms with Gasteiger partial charge in [-0.1, -0.05) is 6.92 Å². The Morgan fingerprint density at radius 1 is 1.22 bits per heavy atom. The number of ether oxygens (including phenoxy) is 2. The van der Waals surface area contributed by atoms with Gasteiger partial charge in [0.1, 0.15) is 11.5 Å². The van der Waals surface area contributed by atoms with Crippen LogP contribution in [0.4, 0.5) is 0 Å². The highest BCUT2D eigenvalue weighted by atomic mass is 127. The summed E-state index contributed by atoms with van der Waals surface area (Å²) in [6.45, 7) is 5.68. The largest absolute Gasteiger partial charge is 0.497 e. The Hall–Kier alpha value is -1.55. The fourth-order valence-electron chi connectivity index (χ4n) is 2.61. The molecule has 27 heavy (non-hydrogen) atoms. The number of aliphatic imine (C=N–C) groups is 1. The van der Waals surface area contributed by atoms with Gasteiger partial charge in [0.2, 0.25) is 0 Å². The normalized spacial score (nSPS) is 10.9. The summed E-state index contributed by atoms with van der Waals surface area (Å²) in [6.07, 6.45) is 1.88. The summed E-state index contributed by atoms with van der Waals surface area (Å²) in [6, 6.07) is 5.79.